The molecule has 0 unspecified atom stereocenters. The quantitative estimate of drug-likeness (QED) is 0.590. The number of aryl methyl sites for hydroxylation is 2. The fourth-order valence-electron chi connectivity index (χ4n) is 2.25. The topological polar surface area (TPSA) is 73.0 Å². The summed E-state index contributed by atoms with van der Waals surface area (Å²) in [4.78, 5) is 14.8. The SMILES string of the molecule is Cc1ccc(C)n1Nc1ccc2cc([N+](=O)[O-])ccc2n1. The maximum Gasteiger partial charge on any atom is 0.270 e. The Bertz CT molecular complexity index is 819. The molecule has 0 aliphatic carbocycles. The van der Waals surface area contributed by atoms with Crippen LogP contribution >= 0.6 is 0 Å². The van der Waals surface area contributed by atoms with Crippen LogP contribution in [0.5, 0.6) is 0 Å². The number of non-ortho nitro benzene ring substituents is 1. The molecule has 1 aromatic carbocycles. The van der Waals surface area contributed by atoms with Gasteiger partial charge in [-0.2, -0.15) is 0 Å². The average molecular weight is 282 g/mol. The minimum Gasteiger partial charge on any atom is -0.278 e. The van der Waals surface area contributed by atoms with Crippen molar-refractivity contribution < 1.29 is 4.92 Å². The zero-order chi connectivity index (χ0) is 15.0. The van der Waals surface area contributed by atoms with Gasteiger partial charge in [0.2, 0.25) is 0 Å². The van der Waals surface area contributed by atoms with Gasteiger partial charge in [0.25, 0.3) is 5.69 Å². The fraction of sp³-hybridized carbons (Fsp3) is 0.133. The fourth-order valence-corrected chi connectivity index (χ4v) is 2.25. The molecule has 0 aliphatic heterocycles. The summed E-state index contributed by atoms with van der Waals surface area (Å²) in [6, 6.07) is 12.3. The van der Waals surface area contributed by atoms with Crippen molar-refractivity contribution in [3.05, 3.63) is 64.0 Å². The lowest BCUT2D eigenvalue weighted by atomic mass is 10.2. The Labute approximate surface area is 121 Å². The van der Waals surface area contributed by atoms with E-state index in [0.29, 0.717) is 11.3 Å². The van der Waals surface area contributed by atoms with Gasteiger partial charge in [0.1, 0.15) is 5.82 Å². The highest BCUT2D eigenvalue weighted by Crippen LogP contribution is 2.21. The molecular formula is C15H14N4O2. The van der Waals surface area contributed by atoms with Crippen LogP contribution in [0.3, 0.4) is 0 Å². The number of nitrogens with zero attached hydrogens (tertiary/aromatic N) is 3. The van der Waals surface area contributed by atoms with Crippen molar-refractivity contribution in [2.24, 2.45) is 0 Å². The van der Waals surface area contributed by atoms with Gasteiger partial charge in [-0.1, -0.05) is 0 Å². The molecule has 0 spiro atoms. The summed E-state index contributed by atoms with van der Waals surface area (Å²) in [6.45, 7) is 4.01. The van der Waals surface area contributed by atoms with E-state index in [1.165, 1.54) is 12.1 Å². The number of pyridine rings is 1. The van der Waals surface area contributed by atoms with Crippen LogP contribution < -0.4 is 5.43 Å². The van der Waals surface area contributed by atoms with Gasteiger partial charge in [-0.15, -0.1) is 0 Å². The second-order valence-corrected chi connectivity index (χ2v) is 4.89. The van der Waals surface area contributed by atoms with Crippen molar-refractivity contribution in [3.8, 4) is 0 Å². The van der Waals surface area contributed by atoms with Crippen LogP contribution in [-0.4, -0.2) is 14.6 Å². The Hall–Kier alpha value is -2.89. The number of nitro benzene ring substituents is 1. The van der Waals surface area contributed by atoms with E-state index in [2.05, 4.69) is 10.4 Å². The first-order valence-corrected chi connectivity index (χ1v) is 6.52. The largest absolute Gasteiger partial charge is 0.278 e. The molecule has 0 atom stereocenters. The highest BCUT2D eigenvalue weighted by Gasteiger charge is 2.08. The van der Waals surface area contributed by atoms with Crippen molar-refractivity contribution in [3.63, 3.8) is 0 Å². The molecule has 21 heavy (non-hydrogen) atoms. The number of benzene rings is 1. The van der Waals surface area contributed by atoms with Crippen molar-refractivity contribution in [1.29, 1.82) is 0 Å². The van der Waals surface area contributed by atoms with E-state index in [-0.39, 0.29) is 5.69 Å². The molecule has 0 aliphatic rings. The van der Waals surface area contributed by atoms with Crippen molar-refractivity contribution in [2.45, 2.75) is 13.8 Å². The molecule has 6 nitrogen and oxygen atoms in total. The molecule has 0 saturated heterocycles. The van der Waals surface area contributed by atoms with Crippen LogP contribution in [0.4, 0.5) is 11.5 Å². The van der Waals surface area contributed by atoms with Crippen molar-refractivity contribution >= 4 is 22.4 Å². The Morgan fingerprint density at radius 1 is 1.10 bits per heavy atom. The third-order valence-corrected chi connectivity index (χ3v) is 3.38. The van der Waals surface area contributed by atoms with Gasteiger partial charge in [0.05, 0.1) is 10.4 Å². The van der Waals surface area contributed by atoms with Gasteiger partial charge in [-0.05, 0) is 44.2 Å². The Morgan fingerprint density at radius 3 is 2.48 bits per heavy atom. The normalized spacial score (nSPS) is 10.8. The number of hydrogen-bond donors (Lipinski definition) is 1. The first-order valence-electron chi connectivity index (χ1n) is 6.52. The smallest absolute Gasteiger partial charge is 0.270 e. The second-order valence-electron chi connectivity index (χ2n) is 4.89. The number of nitrogens with one attached hydrogen (secondary N) is 1. The van der Waals surface area contributed by atoms with E-state index in [0.717, 1.165) is 16.8 Å². The molecule has 0 saturated carbocycles. The molecule has 2 aromatic heterocycles. The summed E-state index contributed by atoms with van der Waals surface area (Å²) >= 11 is 0. The monoisotopic (exact) mass is 282 g/mol. The van der Waals surface area contributed by atoms with E-state index in [1.54, 1.807) is 6.07 Å². The lowest BCUT2D eigenvalue weighted by Crippen LogP contribution is -2.13. The molecule has 0 radical (unpaired) electrons. The predicted molar refractivity (Wildman–Crippen MR) is 81.3 cm³/mol. The molecule has 0 fully saturated rings. The number of rotatable bonds is 3. The number of hydrogen-bond acceptors (Lipinski definition) is 4. The van der Waals surface area contributed by atoms with Crippen LogP contribution in [-0.2, 0) is 0 Å². The maximum atomic E-state index is 10.8. The summed E-state index contributed by atoms with van der Waals surface area (Å²) in [7, 11) is 0. The number of aromatic nitrogens is 2. The Kier molecular flexibility index (Phi) is 3.06. The Morgan fingerprint density at radius 2 is 1.81 bits per heavy atom. The van der Waals surface area contributed by atoms with Gasteiger partial charge in [0, 0.05) is 28.9 Å². The molecule has 3 rings (SSSR count). The van der Waals surface area contributed by atoms with E-state index in [9.17, 15) is 10.1 Å². The number of nitro groups is 1. The lowest BCUT2D eigenvalue weighted by molar-refractivity contribution is -0.384. The zero-order valence-electron chi connectivity index (χ0n) is 11.7. The second kappa shape index (κ2) is 4.90. The molecule has 0 bridgehead atoms. The summed E-state index contributed by atoms with van der Waals surface area (Å²) in [6.07, 6.45) is 0. The number of anilines is 1. The minimum atomic E-state index is -0.405. The lowest BCUT2D eigenvalue weighted by Gasteiger charge is -2.12. The van der Waals surface area contributed by atoms with Gasteiger partial charge in [-0.3, -0.25) is 20.2 Å². The van der Waals surface area contributed by atoms with Gasteiger partial charge >= 0.3 is 0 Å². The van der Waals surface area contributed by atoms with Crippen molar-refractivity contribution in [2.75, 3.05) is 5.43 Å². The third kappa shape index (κ3) is 2.43. The summed E-state index contributed by atoms with van der Waals surface area (Å²) in [5.74, 6) is 0.693. The molecule has 3 aromatic rings. The minimum absolute atomic E-state index is 0.0714. The highest BCUT2D eigenvalue weighted by atomic mass is 16.6. The van der Waals surface area contributed by atoms with E-state index in [4.69, 9.17) is 0 Å². The van der Waals surface area contributed by atoms with Gasteiger partial charge in [-0.25, -0.2) is 4.98 Å². The van der Waals surface area contributed by atoms with Gasteiger partial charge in [0.15, 0.2) is 0 Å². The van der Waals surface area contributed by atoms with E-state index < -0.39 is 4.92 Å². The van der Waals surface area contributed by atoms with Crippen LogP contribution in [0.15, 0.2) is 42.5 Å². The molecule has 2 heterocycles. The van der Waals surface area contributed by atoms with Crippen LogP contribution in [0.2, 0.25) is 0 Å². The van der Waals surface area contributed by atoms with Crippen LogP contribution in [0, 0.1) is 24.0 Å². The van der Waals surface area contributed by atoms with Crippen LogP contribution in [0.25, 0.3) is 10.9 Å². The standard InChI is InChI=1S/C15H14N4O2/c1-10-3-4-11(2)18(10)17-15-8-5-12-9-13(19(20)21)6-7-14(12)16-15/h3-9H,1-2H3,(H,16,17). The van der Waals surface area contributed by atoms with E-state index >= 15 is 0 Å². The van der Waals surface area contributed by atoms with Gasteiger partial charge < -0.3 is 0 Å². The first kappa shape index (κ1) is 13.1. The molecule has 6 heteroatoms. The molecular weight excluding hydrogens is 268 g/mol. The third-order valence-electron chi connectivity index (χ3n) is 3.38. The van der Waals surface area contributed by atoms with Crippen LogP contribution in [0.1, 0.15) is 11.4 Å². The Balaban J connectivity index is 1.98. The average Bonchev–Trinajstić information content (AvgIpc) is 2.78. The van der Waals surface area contributed by atoms with Crippen molar-refractivity contribution in [1.82, 2.24) is 9.66 Å². The zero-order valence-corrected chi connectivity index (χ0v) is 11.7. The summed E-state index contributed by atoms with van der Waals surface area (Å²) < 4.78 is 1.94. The first-order chi connectivity index (χ1) is 10.0. The summed E-state index contributed by atoms with van der Waals surface area (Å²) in [5, 5.41) is 11.5. The number of fused-ring (bicyclic) bond motifs is 1. The van der Waals surface area contributed by atoms with E-state index in [1.807, 2.05) is 42.8 Å². The highest BCUT2D eigenvalue weighted by molar-refractivity contribution is 5.82. The maximum absolute atomic E-state index is 10.8. The molecule has 0 amide bonds. The summed E-state index contributed by atoms with van der Waals surface area (Å²) in [5.41, 5.74) is 6.17. The molecule has 1 N–H and O–H groups in total. The predicted octanol–water partition coefficient (Wildman–Crippen LogP) is 3.44. The molecule has 106 valence electrons.